The smallest absolute Gasteiger partial charge is 0.236 e. The summed E-state index contributed by atoms with van der Waals surface area (Å²) >= 11 is 0. The molecule has 7 heteroatoms. The molecule has 2 rings (SSSR count). The lowest BCUT2D eigenvalue weighted by molar-refractivity contribution is -0.134. The Hall–Kier alpha value is -1.47. The van der Waals surface area contributed by atoms with Gasteiger partial charge < -0.3 is 19.5 Å². The van der Waals surface area contributed by atoms with Gasteiger partial charge >= 0.3 is 0 Å². The molecule has 1 N–H and O–H groups in total. The van der Waals surface area contributed by atoms with Gasteiger partial charge in [-0.1, -0.05) is 5.16 Å². The van der Waals surface area contributed by atoms with Gasteiger partial charge in [-0.2, -0.15) is 4.98 Å². The van der Waals surface area contributed by atoms with E-state index in [1.165, 1.54) is 0 Å². The van der Waals surface area contributed by atoms with Crippen LogP contribution in [0.15, 0.2) is 4.52 Å². The van der Waals surface area contributed by atoms with Gasteiger partial charge in [0.05, 0.1) is 19.8 Å². The summed E-state index contributed by atoms with van der Waals surface area (Å²) in [6.07, 6.45) is 0.636. The van der Waals surface area contributed by atoms with Crippen molar-refractivity contribution in [2.24, 2.45) is 0 Å². The third-order valence-electron chi connectivity index (χ3n) is 2.73. The van der Waals surface area contributed by atoms with E-state index in [-0.39, 0.29) is 5.91 Å². The van der Waals surface area contributed by atoms with E-state index < -0.39 is 0 Å². The normalized spacial score (nSPS) is 15.9. The molecular formula is C11H18N4O3. The summed E-state index contributed by atoms with van der Waals surface area (Å²) in [5.41, 5.74) is 0. The van der Waals surface area contributed by atoms with Gasteiger partial charge in [-0.05, 0) is 6.92 Å². The van der Waals surface area contributed by atoms with Crippen LogP contribution in [0.3, 0.4) is 0 Å². The van der Waals surface area contributed by atoms with Crippen LogP contribution < -0.4 is 5.32 Å². The number of nitrogens with one attached hydrogen (secondary N) is 1. The van der Waals surface area contributed by atoms with E-state index in [0.29, 0.717) is 57.5 Å². The first-order valence-corrected chi connectivity index (χ1v) is 6.11. The summed E-state index contributed by atoms with van der Waals surface area (Å²) in [5.74, 6) is 1.34. The molecule has 0 spiro atoms. The highest BCUT2D eigenvalue weighted by molar-refractivity contribution is 5.78. The highest BCUT2D eigenvalue weighted by Crippen LogP contribution is 1.97. The van der Waals surface area contributed by atoms with Gasteiger partial charge in [-0.15, -0.1) is 0 Å². The summed E-state index contributed by atoms with van der Waals surface area (Å²) in [6, 6.07) is 0. The van der Waals surface area contributed by atoms with Crippen LogP contribution in [0.5, 0.6) is 0 Å². The highest BCUT2D eigenvalue weighted by atomic mass is 16.5. The fourth-order valence-electron chi connectivity index (χ4n) is 1.76. The topological polar surface area (TPSA) is 80.5 Å². The molecule has 1 aromatic rings. The van der Waals surface area contributed by atoms with Gasteiger partial charge in [-0.3, -0.25) is 4.79 Å². The van der Waals surface area contributed by atoms with Crippen molar-refractivity contribution in [3.63, 3.8) is 0 Å². The van der Waals surface area contributed by atoms with E-state index in [1.807, 2.05) is 4.90 Å². The maximum absolute atomic E-state index is 11.8. The number of carbonyl (C=O) groups excluding carboxylic acids is 1. The van der Waals surface area contributed by atoms with Crippen molar-refractivity contribution < 1.29 is 14.1 Å². The molecule has 1 aliphatic heterocycles. The number of carbonyl (C=O) groups is 1. The van der Waals surface area contributed by atoms with E-state index in [2.05, 4.69) is 15.5 Å². The Morgan fingerprint density at radius 3 is 2.89 bits per heavy atom. The van der Waals surface area contributed by atoms with Crippen LogP contribution in [0, 0.1) is 6.92 Å². The fraction of sp³-hybridized carbons (Fsp3) is 0.727. The number of rotatable bonds is 5. The molecule has 2 heterocycles. The van der Waals surface area contributed by atoms with Crippen molar-refractivity contribution in [1.82, 2.24) is 20.4 Å². The first kappa shape index (κ1) is 13.0. The maximum atomic E-state index is 11.8. The molecule has 100 valence electrons. The standard InChI is InChI=1S/C11H18N4O3/c1-9-13-10(18-14-9)2-3-12-8-11(16)15-4-6-17-7-5-15/h12H,2-8H2,1H3. The Labute approximate surface area is 105 Å². The molecule has 0 aliphatic carbocycles. The molecule has 0 unspecified atom stereocenters. The molecule has 0 saturated carbocycles. The van der Waals surface area contributed by atoms with E-state index in [1.54, 1.807) is 6.92 Å². The molecule has 7 nitrogen and oxygen atoms in total. The first-order valence-electron chi connectivity index (χ1n) is 6.11. The number of amides is 1. The second kappa shape index (κ2) is 6.46. The van der Waals surface area contributed by atoms with E-state index >= 15 is 0 Å². The van der Waals surface area contributed by atoms with Crippen LogP contribution in [0.4, 0.5) is 0 Å². The van der Waals surface area contributed by atoms with Crippen molar-refractivity contribution >= 4 is 5.91 Å². The lowest BCUT2D eigenvalue weighted by atomic mass is 10.3. The number of morpholine rings is 1. The Bertz CT molecular complexity index is 387. The maximum Gasteiger partial charge on any atom is 0.236 e. The molecule has 1 aliphatic rings. The predicted molar refractivity (Wildman–Crippen MR) is 63.0 cm³/mol. The Morgan fingerprint density at radius 1 is 1.44 bits per heavy atom. The molecule has 1 amide bonds. The quantitative estimate of drug-likeness (QED) is 0.705. The monoisotopic (exact) mass is 254 g/mol. The molecule has 1 aromatic heterocycles. The van der Waals surface area contributed by atoms with Gasteiger partial charge in [-0.25, -0.2) is 0 Å². The predicted octanol–water partition coefficient (Wildman–Crippen LogP) is -0.631. The minimum Gasteiger partial charge on any atom is -0.378 e. The zero-order chi connectivity index (χ0) is 12.8. The Kier molecular flexibility index (Phi) is 4.66. The van der Waals surface area contributed by atoms with Crippen molar-refractivity contribution in [1.29, 1.82) is 0 Å². The second-order valence-electron chi connectivity index (χ2n) is 4.16. The summed E-state index contributed by atoms with van der Waals surface area (Å²) in [5, 5.41) is 6.78. The van der Waals surface area contributed by atoms with E-state index in [0.717, 1.165) is 0 Å². The molecule has 0 atom stereocenters. The summed E-state index contributed by atoms with van der Waals surface area (Å²) in [6.45, 7) is 5.40. The molecule has 0 aromatic carbocycles. The summed E-state index contributed by atoms with van der Waals surface area (Å²) in [7, 11) is 0. The molecule has 0 bridgehead atoms. The summed E-state index contributed by atoms with van der Waals surface area (Å²) < 4.78 is 10.2. The number of aryl methyl sites for hydroxylation is 1. The van der Waals surface area contributed by atoms with E-state index in [4.69, 9.17) is 9.26 Å². The van der Waals surface area contributed by atoms with Gasteiger partial charge in [0, 0.05) is 26.1 Å². The average molecular weight is 254 g/mol. The lowest BCUT2D eigenvalue weighted by Crippen LogP contribution is -2.44. The van der Waals surface area contributed by atoms with Crippen LogP contribution in [-0.4, -0.2) is 60.3 Å². The molecule has 1 saturated heterocycles. The molecule has 18 heavy (non-hydrogen) atoms. The van der Waals surface area contributed by atoms with Crippen molar-refractivity contribution in [3.05, 3.63) is 11.7 Å². The number of aromatic nitrogens is 2. The van der Waals surface area contributed by atoms with Gasteiger partial charge in [0.2, 0.25) is 11.8 Å². The van der Waals surface area contributed by atoms with Crippen LogP contribution >= 0.6 is 0 Å². The third kappa shape index (κ3) is 3.78. The van der Waals surface area contributed by atoms with Crippen molar-refractivity contribution in [2.75, 3.05) is 39.4 Å². The van der Waals surface area contributed by atoms with Gasteiger partial charge in [0.15, 0.2) is 5.82 Å². The fourth-order valence-corrected chi connectivity index (χ4v) is 1.76. The number of hydrogen-bond donors (Lipinski definition) is 1. The highest BCUT2D eigenvalue weighted by Gasteiger charge is 2.15. The minimum absolute atomic E-state index is 0.111. The van der Waals surface area contributed by atoms with Crippen LogP contribution in [0.25, 0.3) is 0 Å². The van der Waals surface area contributed by atoms with Crippen molar-refractivity contribution in [3.8, 4) is 0 Å². The Morgan fingerprint density at radius 2 is 2.22 bits per heavy atom. The third-order valence-corrected chi connectivity index (χ3v) is 2.73. The van der Waals surface area contributed by atoms with Gasteiger partial charge in [0.1, 0.15) is 0 Å². The molecule has 1 fully saturated rings. The average Bonchev–Trinajstić information content (AvgIpc) is 2.81. The van der Waals surface area contributed by atoms with Crippen LogP contribution in [-0.2, 0) is 16.0 Å². The van der Waals surface area contributed by atoms with Crippen LogP contribution in [0.1, 0.15) is 11.7 Å². The largest absolute Gasteiger partial charge is 0.378 e. The van der Waals surface area contributed by atoms with Crippen LogP contribution in [0.2, 0.25) is 0 Å². The zero-order valence-electron chi connectivity index (χ0n) is 10.5. The van der Waals surface area contributed by atoms with Crippen molar-refractivity contribution in [2.45, 2.75) is 13.3 Å². The SMILES string of the molecule is Cc1noc(CCNCC(=O)N2CCOCC2)n1. The van der Waals surface area contributed by atoms with E-state index in [9.17, 15) is 4.79 Å². The summed E-state index contributed by atoms with van der Waals surface area (Å²) in [4.78, 5) is 17.7. The minimum atomic E-state index is 0.111. The number of nitrogens with zero attached hydrogens (tertiary/aromatic N) is 3. The molecule has 0 radical (unpaired) electrons. The van der Waals surface area contributed by atoms with Gasteiger partial charge in [0.25, 0.3) is 0 Å². The number of hydrogen-bond acceptors (Lipinski definition) is 6. The Balaban J connectivity index is 1.61. The molecular weight excluding hydrogens is 236 g/mol. The zero-order valence-corrected chi connectivity index (χ0v) is 10.5. The first-order chi connectivity index (χ1) is 8.75. The lowest BCUT2D eigenvalue weighted by Gasteiger charge is -2.26. The number of ether oxygens (including phenoxy) is 1. The second-order valence-corrected chi connectivity index (χ2v) is 4.16.